The zero-order chi connectivity index (χ0) is 23.1. The molecule has 0 amide bonds. The van der Waals surface area contributed by atoms with Crippen LogP contribution in [0.25, 0.3) is 5.69 Å². The van der Waals surface area contributed by atoms with Crippen LogP contribution in [0.2, 0.25) is 0 Å². The van der Waals surface area contributed by atoms with E-state index >= 15 is 0 Å². The van der Waals surface area contributed by atoms with Gasteiger partial charge in [0.25, 0.3) is 0 Å². The molecule has 5 nitrogen and oxygen atoms in total. The number of aliphatic hydroxyl groups excluding tert-OH is 1. The van der Waals surface area contributed by atoms with E-state index in [9.17, 15) is 9.50 Å². The summed E-state index contributed by atoms with van der Waals surface area (Å²) in [4.78, 5) is 2.27. The van der Waals surface area contributed by atoms with Gasteiger partial charge in [-0.3, -0.25) is 4.90 Å². The molecule has 6 heteroatoms. The van der Waals surface area contributed by atoms with Crippen molar-refractivity contribution < 1.29 is 14.2 Å². The van der Waals surface area contributed by atoms with Crippen molar-refractivity contribution in [1.82, 2.24) is 14.7 Å². The summed E-state index contributed by atoms with van der Waals surface area (Å²) in [7, 11) is 0. The number of aryl methyl sites for hydroxylation is 1. The Morgan fingerprint density at radius 3 is 2.31 bits per heavy atom. The van der Waals surface area contributed by atoms with Crippen molar-refractivity contribution in [3.05, 3.63) is 71.7 Å². The molecule has 32 heavy (non-hydrogen) atoms. The number of rotatable bonds is 11. The van der Waals surface area contributed by atoms with Crippen molar-refractivity contribution in [3.8, 4) is 17.3 Å². The number of nitrogens with zero attached hydrogens (tertiary/aromatic N) is 3. The lowest BCUT2D eigenvalue weighted by molar-refractivity contribution is 0.0980. The first-order chi connectivity index (χ1) is 15.4. The van der Waals surface area contributed by atoms with Crippen LogP contribution in [-0.2, 0) is 13.0 Å². The molecule has 0 saturated carbocycles. The first kappa shape index (κ1) is 24.0. The Morgan fingerprint density at radius 2 is 1.72 bits per heavy atom. The molecule has 2 aromatic carbocycles. The molecular formula is C26H34FN3O2. The third kappa shape index (κ3) is 6.17. The van der Waals surface area contributed by atoms with Crippen LogP contribution < -0.4 is 4.74 Å². The van der Waals surface area contributed by atoms with Gasteiger partial charge >= 0.3 is 0 Å². The molecule has 172 valence electrons. The monoisotopic (exact) mass is 439 g/mol. The molecule has 1 atom stereocenters. The average Bonchev–Trinajstić information content (AvgIpc) is 3.12. The molecule has 0 aliphatic carbocycles. The molecule has 1 aromatic heterocycles. The van der Waals surface area contributed by atoms with Crippen LogP contribution in [0.1, 0.15) is 45.4 Å². The van der Waals surface area contributed by atoms with E-state index in [2.05, 4.69) is 25.7 Å². The maximum Gasteiger partial charge on any atom is 0.227 e. The summed E-state index contributed by atoms with van der Waals surface area (Å²) < 4.78 is 21.6. The molecule has 0 saturated heterocycles. The van der Waals surface area contributed by atoms with E-state index in [-0.39, 0.29) is 11.9 Å². The van der Waals surface area contributed by atoms with Gasteiger partial charge in [0.15, 0.2) is 0 Å². The molecule has 0 aliphatic rings. The molecule has 1 unspecified atom stereocenters. The molecule has 0 fully saturated rings. The van der Waals surface area contributed by atoms with Crippen molar-refractivity contribution in [1.29, 1.82) is 0 Å². The second-order valence-electron chi connectivity index (χ2n) is 8.54. The summed E-state index contributed by atoms with van der Waals surface area (Å²) in [6.45, 7) is 10.5. The number of aromatic nitrogens is 2. The molecule has 0 bridgehead atoms. The van der Waals surface area contributed by atoms with Crippen LogP contribution in [0.3, 0.4) is 0 Å². The maximum absolute atomic E-state index is 13.5. The molecule has 0 radical (unpaired) electrons. The normalized spacial score (nSPS) is 12.5. The van der Waals surface area contributed by atoms with Gasteiger partial charge in [0, 0.05) is 19.6 Å². The topological polar surface area (TPSA) is 50.5 Å². The van der Waals surface area contributed by atoms with Crippen molar-refractivity contribution in [3.63, 3.8) is 0 Å². The van der Waals surface area contributed by atoms with Crippen LogP contribution in [0.4, 0.5) is 4.39 Å². The SMILES string of the molecule is CCc1nn(-c2ccccc2)c(Oc2ccc(F)cc2)c1CN(CC(C)C)CC(O)CC. The number of benzene rings is 2. The first-order valence-electron chi connectivity index (χ1n) is 11.4. The van der Waals surface area contributed by atoms with Gasteiger partial charge in [-0.1, -0.05) is 45.9 Å². The van der Waals surface area contributed by atoms with E-state index in [1.54, 1.807) is 12.1 Å². The lowest BCUT2D eigenvalue weighted by atomic mass is 10.1. The summed E-state index contributed by atoms with van der Waals surface area (Å²) in [6, 6.07) is 15.9. The summed E-state index contributed by atoms with van der Waals surface area (Å²) in [5, 5.41) is 15.2. The average molecular weight is 440 g/mol. The van der Waals surface area contributed by atoms with Gasteiger partial charge in [0.1, 0.15) is 11.6 Å². The van der Waals surface area contributed by atoms with E-state index in [0.29, 0.717) is 37.1 Å². The summed E-state index contributed by atoms with van der Waals surface area (Å²) in [5.41, 5.74) is 2.84. The van der Waals surface area contributed by atoms with Crippen molar-refractivity contribution >= 4 is 0 Å². The lowest BCUT2D eigenvalue weighted by Gasteiger charge is -2.26. The van der Waals surface area contributed by atoms with Gasteiger partial charge in [0.05, 0.1) is 23.0 Å². The van der Waals surface area contributed by atoms with E-state index < -0.39 is 0 Å². The minimum Gasteiger partial charge on any atom is -0.439 e. The minimum atomic E-state index is -0.385. The Balaban J connectivity index is 2.05. The number of aliphatic hydroxyl groups is 1. The lowest BCUT2D eigenvalue weighted by Crippen LogP contribution is -2.34. The van der Waals surface area contributed by atoms with E-state index in [4.69, 9.17) is 9.84 Å². The second-order valence-corrected chi connectivity index (χ2v) is 8.54. The zero-order valence-corrected chi connectivity index (χ0v) is 19.5. The predicted octanol–water partition coefficient (Wildman–Crippen LogP) is 5.60. The Morgan fingerprint density at radius 1 is 1.03 bits per heavy atom. The highest BCUT2D eigenvalue weighted by Crippen LogP contribution is 2.32. The van der Waals surface area contributed by atoms with Gasteiger partial charge < -0.3 is 9.84 Å². The van der Waals surface area contributed by atoms with Crippen molar-refractivity contribution in [2.45, 2.75) is 53.2 Å². The van der Waals surface area contributed by atoms with Crippen molar-refractivity contribution in [2.24, 2.45) is 5.92 Å². The second kappa shape index (κ2) is 11.2. The number of halogens is 1. The molecule has 1 N–H and O–H groups in total. The smallest absolute Gasteiger partial charge is 0.227 e. The van der Waals surface area contributed by atoms with Crippen LogP contribution in [0.15, 0.2) is 54.6 Å². The fourth-order valence-corrected chi connectivity index (χ4v) is 3.75. The predicted molar refractivity (Wildman–Crippen MR) is 126 cm³/mol. The summed E-state index contributed by atoms with van der Waals surface area (Å²) in [5.74, 6) is 1.32. The fraction of sp³-hybridized carbons (Fsp3) is 0.423. The highest BCUT2D eigenvalue weighted by atomic mass is 19.1. The zero-order valence-electron chi connectivity index (χ0n) is 19.5. The van der Waals surface area contributed by atoms with Gasteiger partial charge in [0.2, 0.25) is 5.88 Å². The first-order valence-corrected chi connectivity index (χ1v) is 11.4. The third-order valence-electron chi connectivity index (χ3n) is 5.33. The van der Waals surface area contributed by atoms with Crippen LogP contribution in [0, 0.1) is 11.7 Å². The number of para-hydroxylation sites is 1. The minimum absolute atomic E-state index is 0.306. The van der Waals surface area contributed by atoms with Gasteiger partial charge in [-0.15, -0.1) is 0 Å². The van der Waals surface area contributed by atoms with Crippen LogP contribution in [-0.4, -0.2) is 39.0 Å². The largest absolute Gasteiger partial charge is 0.439 e. The van der Waals surface area contributed by atoms with E-state index in [1.807, 2.05) is 41.9 Å². The highest BCUT2D eigenvalue weighted by Gasteiger charge is 2.24. The number of hydrogen-bond donors (Lipinski definition) is 1. The van der Waals surface area contributed by atoms with Crippen LogP contribution >= 0.6 is 0 Å². The standard InChI is InChI=1S/C26H34FN3O2/c1-5-22(31)17-29(16-19(3)4)18-24-25(6-2)28-30(21-10-8-7-9-11-21)26(24)32-23-14-12-20(27)13-15-23/h7-15,19,22,31H,5-6,16-18H2,1-4H3. The van der Waals surface area contributed by atoms with E-state index in [1.165, 1.54) is 12.1 Å². The fourth-order valence-electron chi connectivity index (χ4n) is 3.75. The Hall–Kier alpha value is -2.70. The summed E-state index contributed by atoms with van der Waals surface area (Å²) >= 11 is 0. The third-order valence-corrected chi connectivity index (χ3v) is 5.33. The van der Waals surface area contributed by atoms with Crippen molar-refractivity contribution in [2.75, 3.05) is 13.1 Å². The molecule has 3 rings (SSSR count). The Kier molecular flexibility index (Phi) is 8.42. The molecule has 0 spiro atoms. The van der Waals surface area contributed by atoms with Gasteiger partial charge in [-0.05, 0) is 55.2 Å². The van der Waals surface area contributed by atoms with Crippen LogP contribution in [0.5, 0.6) is 11.6 Å². The molecule has 0 aliphatic heterocycles. The quantitative estimate of drug-likeness (QED) is 0.423. The molecule has 3 aromatic rings. The van der Waals surface area contributed by atoms with Gasteiger partial charge in [-0.25, -0.2) is 9.07 Å². The molecular weight excluding hydrogens is 405 g/mol. The summed E-state index contributed by atoms with van der Waals surface area (Å²) in [6.07, 6.45) is 1.07. The number of ether oxygens (including phenoxy) is 1. The number of hydrogen-bond acceptors (Lipinski definition) is 4. The highest BCUT2D eigenvalue weighted by molar-refractivity contribution is 5.43. The van der Waals surface area contributed by atoms with Gasteiger partial charge in [-0.2, -0.15) is 5.10 Å². The van der Waals surface area contributed by atoms with E-state index in [0.717, 1.165) is 29.9 Å². The Labute approximate surface area is 190 Å². The molecule has 1 heterocycles. The maximum atomic E-state index is 13.5. The Bertz CT molecular complexity index is 971.